The molecule has 0 spiro atoms. The molecule has 1 aliphatic heterocycles. The van der Waals surface area contributed by atoms with E-state index in [2.05, 4.69) is 19.2 Å². The standard InChI is InChI=1S/C11H21NO2S/c1-8-3-4-11(9(8)2)12-10-5-6-15(13,14)7-10/h8-12H,3-7H2,1-2H3. The number of rotatable bonds is 2. The third-order valence-corrected chi connectivity index (χ3v) is 5.92. The Morgan fingerprint density at radius 3 is 2.33 bits per heavy atom. The summed E-state index contributed by atoms with van der Waals surface area (Å²) in [6.45, 7) is 4.57. The maximum absolute atomic E-state index is 11.3. The third-order valence-electron chi connectivity index (χ3n) is 4.15. The minimum atomic E-state index is -2.73. The lowest BCUT2D eigenvalue weighted by Crippen LogP contribution is -2.41. The maximum Gasteiger partial charge on any atom is 0.151 e. The second-order valence-electron chi connectivity index (χ2n) is 5.29. The zero-order valence-corrected chi connectivity index (χ0v) is 10.4. The van der Waals surface area contributed by atoms with Gasteiger partial charge in [-0.2, -0.15) is 0 Å². The van der Waals surface area contributed by atoms with E-state index in [-0.39, 0.29) is 6.04 Å². The summed E-state index contributed by atoms with van der Waals surface area (Å²) < 4.78 is 22.6. The molecule has 2 fully saturated rings. The summed E-state index contributed by atoms with van der Waals surface area (Å²) in [5.74, 6) is 2.19. The molecule has 1 aliphatic carbocycles. The molecule has 0 aromatic rings. The molecule has 4 heteroatoms. The van der Waals surface area contributed by atoms with E-state index < -0.39 is 9.84 Å². The summed E-state index contributed by atoms with van der Waals surface area (Å²) >= 11 is 0. The van der Waals surface area contributed by atoms with Crippen molar-refractivity contribution in [2.24, 2.45) is 11.8 Å². The quantitative estimate of drug-likeness (QED) is 0.776. The van der Waals surface area contributed by atoms with Gasteiger partial charge in [0.05, 0.1) is 11.5 Å². The van der Waals surface area contributed by atoms with Crippen LogP contribution in [-0.2, 0) is 9.84 Å². The van der Waals surface area contributed by atoms with E-state index in [1.54, 1.807) is 0 Å². The lowest BCUT2D eigenvalue weighted by Gasteiger charge is -2.23. The highest BCUT2D eigenvalue weighted by Gasteiger charge is 2.34. The predicted octanol–water partition coefficient (Wildman–Crippen LogP) is 1.20. The van der Waals surface area contributed by atoms with Gasteiger partial charge < -0.3 is 5.32 Å². The number of nitrogens with one attached hydrogen (secondary N) is 1. The van der Waals surface area contributed by atoms with Crippen LogP contribution in [0.3, 0.4) is 0 Å². The van der Waals surface area contributed by atoms with Gasteiger partial charge in [0, 0.05) is 12.1 Å². The molecular weight excluding hydrogens is 210 g/mol. The zero-order valence-electron chi connectivity index (χ0n) is 9.57. The van der Waals surface area contributed by atoms with Crippen molar-refractivity contribution >= 4 is 9.84 Å². The Labute approximate surface area is 92.6 Å². The molecule has 1 saturated heterocycles. The van der Waals surface area contributed by atoms with Crippen LogP contribution in [0.25, 0.3) is 0 Å². The molecule has 2 aliphatic rings. The lowest BCUT2D eigenvalue weighted by atomic mass is 9.97. The van der Waals surface area contributed by atoms with Gasteiger partial charge in [-0.05, 0) is 31.1 Å². The summed E-state index contributed by atoms with van der Waals surface area (Å²) in [4.78, 5) is 0. The highest BCUT2D eigenvalue weighted by molar-refractivity contribution is 7.91. The van der Waals surface area contributed by atoms with Crippen molar-refractivity contribution in [3.63, 3.8) is 0 Å². The largest absolute Gasteiger partial charge is 0.310 e. The fourth-order valence-corrected chi connectivity index (χ4v) is 4.52. The van der Waals surface area contributed by atoms with Gasteiger partial charge >= 0.3 is 0 Å². The van der Waals surface area contributed by atoms with Crippen LogP contribution in [0.1, 0.15) is 33.1 Å². The van der Waals surface area contributed by atoms with Crippen molar-refractivity contribution in [1.29, 1.82) is 0 Å². The van der Waals surface area contributed by atoms with E-state index in [1.165, 1.54) is 12.8 Å². The fraction of sp³-hybridized carbons (Fsp3) is 1.00. The average Bonchev–Trinajstić information content (AvgIpc) is 2.63. The molecule has 88 valence electrons. The molecular formula is C11H21NO2S. The Balaban J connectivity index is 1.88. The Bertz CT molecular complexity index is 325. The van der Waals surface area contributed by atoms with E-state index in [4.69, 9.17) is 0 Å². The van der Waals surface area contributed by atoms with Crippen LogP contribution in [0, 0.1) is 11.8 Å². The van der Waals surface area contributed by atoms with E-state index in [1.807, 2.05) is 0 Å². The fourth-order valence-electron chi connectivity index (χ4n) is 2.83. The summed E-state index contributed by atoms with van der Waals surface area (Å²) in [5.41, 5.74) is 0. The van der Waals surface area contributed by atoms with Crippen LogP contribution in [0.5, 0.6) is 0 Å². The first-order valence-electron chi connectivity index (χ1n) is 5.94. The van der Waals surface area contributed by atoms with Gasteiger partial charge in [0.1, 0.15) is 0 Å². The number of hydrogen-bond donors (Lipinski definition) is 1. The molecule has 4 atom stereocenters. The van der Waals surface area contributed by atoms with Crippen molar-refractivity contribution in [1.82, 2.24) is 5.32 Å². The summed E-state index contributed by atoms with van der Waals surface area (Å²) in [7, 11) is -2.73. The Morgan fingerprint density at radius 1 is 1.13 bits per heavy atom. The molecule has 3 nitrogen and oxygen atoms in total. The minimum Gasteiger partial charge on any atom is -0.310 e. The van der Waals surface area contributed by atoms with Crippen molar-refractivity contribution in [2.75, 3.05) is 11.5 Å². The van der Waals surface area contributed by atoms with Crippen LogP contribution >= 0.6 is 0 Å². The van der Waals surface area contributed by atoms with Crippen molar-refractivity contribution < 1.29 is 8.42 Å². The maximum atomic E-state index is 11.3. The van der Waals surface area contributed by atoms with Crippen molar-refractivity contribution in [3.05, 3.63) is 0 Å². The first-order chi connectivity index (χ1) is 6.98. The van der Waals surface area contributed by atoms with Crippen molar-refractivity contribution in [3.8, 4) is 0 Å². The highest BCUT2D eigenvalue weighted by Crippen LogP contribution is 2.32. The monoisotopic (exact) mass is 231 g/mol. The van der Waals surface area contributed by atoms with Crippen LogP contribution in [0.2, 0.25) is 0 Å². The van der Waals surface area contributed by atoms with Gasteiger partial charge in [-0.3, -0.25) is 0 Å². The van der Waals surface area contributed by atoms with Crippen LogP contribution in [0.4, 0.5) is 0 Å². The summed E-state index contributed by atoms with van der Waals surface area (Å²) in [5, 5.41) is 3.53. The molecule has 4 unspecified atom stereocenters. The molecule has 0 bridgehead atoms. The second kappa shape index (κ2) is 4.06. The zero-order chi connectivity index (χ0) is 11.1. The Morgan fingerprint density at radius 2 is 1.87 bits per heavy atom. The number of sulfone groups is 1. The topological polar surface area (TPSA) is 46.2 Å². The van der Waals surface area contributed by atoms with E-state index in [0.717, 1.165) is 12.3 Å². The molecule has 1 heterocycles. The molecule has 1 N–H and O–H groups in total. The van der Waals surface area contributed by atoms with E-state index >= 15 is 0 Å². The van der Waals surface area contributed by atoms with Crippen LogP contribution < -0.4 is 5.32 Å². The first-order valence-corrected chi connectivity index (χ1v) is 7.76. The van der Waals surface area contributed by atoms with Crippen LogP contribution in [-0.4, -0.2) is 32.0 Å². The molecule has 0 amide bonds. The van der Waals surface area contributed by atoms with Gasteiger partial charge in [-0.25, -0.2) is 8.42 Å². The summed E-state index contributed by atoms with van der Waals surface area (Å²) in [6, 6.07) is 0.756. The van der Waals surface area contributed by atoms with Gasteiger partial charge in [0.2, 0.25) is 0 Å². The summed E-state index contributed by atoms with van der Waals surface area (Å²) in [6.07, 6.45) is 3.29. The smallest absolute Gasteiger partial charge is 0.151 e. The lowest BCUT2D eigenvalue weighted by molar-refractivity contribution is 0.346. The van der Waals surface area contributed by atoms with Gasteiger partial charge in [-0.15, -0.1) is 0 Å². The normalized spacial score (nSPS) is 44.7. The third kappa shape index (κ3) is 2.53. The molecule has 0 radical (unpaired) electrons. The Hall–Kier alpha value is -0.0900. The predicted molar refractivity (Wildman–Crippen MR) is 61.5 cm³/mol. The van der Waals surface area contributed by atoms with Gasteiger partial charge in [0.25, 0.3) is 0 Å². The van der Waals surface area contributed by atoms with E-state index in [9.17, 15) is 8.42 Å². The highest BCUT2D eigenvalue weighted by atomic mass is 32.2. The van der Waals surface area contributed by atoms with Gasteiger partial charge in [0.15, 0.2) is 9.84 Å². The average molecular weight is 231 g/mol. The molecule has 15 heavy (non-hydrogen) atoms. The van der Waals surface area contributed by atoms with Gasteiger partial charge in [-0.1, -0.05) is 13.8 Å². The van der Waals surface area contributed by atoms with Crippen LogP contribution in [0.15, 0.2) is 0 Å². The Kier molecular flexibility index (Phi) is 3.08. The number of hydrogen-bond acceptors (Lipinski definition) is 3. The molecule has 0 aromatic heterocycles. The van der Waals surface area contributed by atoms with E-state index in [0.29, 0.717) is 23.5 Å². The SMILES string of the molecule is CC1CCC(NC2CCS(=O)(=O)C2)C1C. The second-order valence-corrected chi connectivity index (χ2v) is 7.52. The molecule has 0 aromatic carbocycles. The molecule has 1 saturated carbocycles. The first kappa shape index (κ1) is 11.4. The minimum absolute atomic E-state index is 0.216. The van der Waals surface area contributed by atoms with Crippen molar-refractivity contribution in [2.45, 2.75) is 45.2 Å². The molecule has 2 rings (SSSR count).